The van der Waals surface area contributed by atoms with E-state index in [1.54, 1.807) is 4.90 Å². The molecule has 3 aromatic carbocycles. The molecular weight excluding hydrogens is 399 g/mol. The van der Waals surface area contributed by atoms with Gasteiger partial charge in [0.1, 0.15) is 11.6 Å². The molecule has 0 unspecified atom stereocenters. The number of ether oxygens (including phenoxy) is 1. The summed E-state index contributed by atoms with van der Waals surface area (Å²) >= 11 is 5.86. The summed E-state index contributed by atoms with van der Waals surface area (Å²) in [5.41, 5.74) is 1.41. The molecule has 0 spiro atoms. The molecule has 3 aromatic rings. The molecule has 2 bridgehead atoms. The fourth-order valence-electron chi connectivity index (χ4n) is 4.33. The molecule has 2 heterocycles. The van der Waals surface area contributed by atoms with Gasteiger partial charge in [-0.25, -0.2) is 4.39 Å². The Kier molecular flexibility index (Phi) is 4.33. The maximum absolute atomic E-state index is 13.6. The van der Waals surface area contributed by atoms with Crippen LogP contribution in [0.4, 0.5) is 10.1 Å². The van der Waals surface area contributed by atoms with Gasteiger partial charge in [0.2, 0.25) is 0 Å². The minimum Gasteiger partial charge on any atom is -0.467 e. The first kappa shape index (κ1) is 18.8. The number of benzene rings is 3. The van der Waals surface area contributed by atoms with Crippen LogP contribution in [0.5, 0.6) is 5.75 Å². The third kappa shape index (κ3) is 2.87. The van der Waals surface area contributed by atoms with E-state index in [0.29, 0.717) is 17.1 Å². The lowest BCUT2D eigenvalue weighted by molar-refractivity contribution is 0.0184. The minimum absolute atomic E-state index is 0.260. The zero-order valence-electron chi connectivity index (χ0n) is 16.3. The highest BCUT2D eigenvalue weighted by Crippen LogP contribution is 2.49. The topological polar surface area (TPSA) is 32.8 Å². The number of thiocarbonyl (C=S) groups is 1. The van der Waals surface area contributed by atoms with Crippen LogP contribution in [0.1, 0.15) is 35.3 Å². The van der Waals surface area contributed by atoms with Crippen LogP contribution in [-0.2, 0) is 0 Å². The fraction of sp³-hybridized carbons (Fsp3) is 0.167. The highest BCUT2D eigenvalue weighted by molar-refractivity contribution is 7.80. The van der Waals surface area contributed by atoms with Crippen molar-refractivity contribution in [3.05, 3.63) is 95.8 Å². The molecule has 150 valence electrons. The summed E-state index contributed by atoms with van der Waals surface area (Å²) in [7, 11) is 0. The first-order valence-corrected chi connectivity index (χ1v) is 10.1. The molecule has 0 N–H and O–H groups in total. The smallest absolute Gasteiger partial charge is 0.260 e. The maximum Gasteiger partial charge on any atom is 0.260 e. The van der Waals surface area contributed by atoms with Gasteiger partial charge in [-0.1, -0.05) is 36.4 Å². The van der Waals surface area contributed by atoms with Crippen LogP contribution >= 0.6 is 12.2 Å². The van der Waals surface area contributed by atoms with Crippen molar-refractivity contribution in [1.82, 2.24) is 4.90 Å². The molecule has 0 saturated carbocycles. The van der Waals surface area contributed by atoms with Crippen LogP contribution < -0.4 is 9.64 Å². The first-order valence-electron chi connectivity index (χ1n) is 9.74. The Balaban J connectivity index is 1.67. The Morgan fingerprint density at radius 3 is 2.43 bits per heavy atom. The molecule has 5 rings (SSSR count). The van der Waals surface area contributed by atoms with Crippen molar-refractivity contribution in [1.29, 1.82) is 0 Å². The highest BCUT2D eigenvalue weighted by atomic mass is 32.1. The van der Waals surface area contributed by atoms with E-state index < -0.39 is 5.72 Å². The van der Waals surface area contributed by atoms with E-state index in [1.165, 1.54) is 24.3 Å². The lowest BCUT2D eigenvalue weighted by atomic mass is 9.88. The average molecular weight is 418 g/mol. The van der Waals surface area contributed by atoms with Crippen LogP contribution in [0.15, 0.2) is 78.9 Å². The van der Waals surface area contributed by atoms with Gasteiger partial charge in [0, 0.05) is 23.2 Å². The third-order valence-corrected chi connectivity index (χ3v) is 6.07. The van der Waals surface area contributed by atoms with Gasteiger partial charge in [-0.2, -0.15) is 0 Å². The normalized spacial score (nSPS) is 22.3. The molecule has 1 saturated heterocycles. The van der Waals surface area contributed by atoms with E-state index in [2.05, 4.69) is 0 Å². The van der Waals surface area contributed by atoms with Crippen molar-refractivity contribution in [2.24, 2.45) is 0 Å². The molecule has 0 aliphatic carbocycles. The minimum atomic E-state index is -0.739. The van der Waals surface area contributed by atoms with Gasteiger partial charge in [0.05, 0.1) is 6.04 Å². The molecular formula is C24H19FN2O2S. The molecule has 4 nitrogen and oxygen atoms in total. The Bertz CT molecular complexity index is 1140. The monoisotopic (exact) mass is 418 g/mol. The standard InChI is InChI=1S/C24H19FN2O2S/c1-24-15-20(19-9-5-6-10-21(19)29-24)26(22(28)16-11-13-17(25)14-12-16)23(30)27(24)18-7-3-2-4-8-18/h2-14,20H,15H2,1H3/t20-,24+/m0/s1. The van der Waals surface area contributed by atoms with E-state index in [0.717, 1.165) is 17.0 Å². The van der Waals surface area contributed by atoms with Crippen LogP contribution in [-0.4, -0.2) is 21.6 Å². The number of fused-ring (bicyclic) bond motifs is 4. The number of hydrogen-bond donors (Lipinski definition) is 0. The van der Waals surface area contributed by atoms with E-state index in [-0.39, 0.29) is 17.8 Å². The summed E-state index contributed by atoms with van der Waals surface area (Å²) in [5, 5.41) is 0.365. The number of para-hydroxylation sites is 2. The Labute approximate surface area is 179 Å². The summed E-state index contributed by atoms with van der Waals surface area (Å²) < 4.78 is 19.9. The second kappa shape index (κ2) is 6.92. The first-order chi connectivity index (χ1) is 14.5. The average Bonchev–Trinajstić information content (AvgIpc) is 2.74. The summed E-state index contributed by atoms with van der Waals surface area (Å²) in [6.07, 6.45) is 0.548. The number of anilines is 1. The van der Waals surface area contributed by atoms with E-state index in [1.807, 2.05) is 66.4 Å². The molecule has 1 amide bonds. The van der Waals surface area contributed by atoms with E-state index in [9.17, 15) is 9.18 Å². The number of rotatable bonds is 2. The molecule has 0 radical (unpaired) electrons. The summed E-state index contributed by atoms with van der Waals surface area (Å²) in [4.78, 5) is 17.1. The number of nitrogens with zero attached hydrogens (tertiary/aromatic N) is 2. The van der Waals surface area contributed by atoms with Gasteiger partial charge in [0.25, 0.3) is 5.91 Å². The van der Waals surface area contributed by atoms with Crippen LogP contribution in [0.2, 0.25) is 0 Å². The Morgan fingerprint density at radius 1 is 1.03 bits per heavy atom. The second-order valence-corrected chi connectivity index (χ2v) is 8.04. The fourth-order valence-corrected chi connectivity index (χ4v) is 4.84. The van der Waals surface area contributed by atoms with Gasteiger partial charge in [0.15, 0.2) is 10.8 Å². The molecule has 1 fully saturated rings. The zero-order chi connectivity index (χ0) is 20.9. The maximum atomic E-state index is 13.6. The van der Waals surface area contributed by atoms with Crippen molar-refractivity contribution in [2.45, 2.75) is 25.1 Å². The Morgan fingerprint density at radius 2 is 1.70 bits per heavy atom. The lowest BCUT2D eigenvalue weighted by Gasteiger charge is -2.55. The lowest BCUT2D eigenvalue weighted by Crippen LogP contribution is -2.67. The van der Waals surface area contributed by atoms with Crippen LogP contribution in [0, 0.1) is 5.82 Å². The number of carbonyl (C=O) groups excluding carboxylic acids is 1. The number of carbonyl (C=O) groups is 1. The number of hydrogen-bond acceptors (Lipinski definition) is 3. The molecule has 2 aliphatic heterocycles. The predicted octanol–water partition coefficient (Wildman–Crippen LogP) is 5.31. The van der Waals surface area contributed by atoms with Crippen molar-refractivity contribution in [3.63, 3.8) is 0 Å². The van der Waals surface area contributed by atoms with Gasteiger partial charge < -0.3 is 4.74 Å². The molecule has 6 heteroatoms. The summed E-state index contributed by atoms with van der Waals surface area (Å²) in [5.74, 6) is 0.0870. The van der Waals surface area contributed by atoms with Gasteiger partial charge in [-0.3, -0.25) is 14.6 Å². The summed E-state index contributed by atoms with van der Waals surface area (Å²) in [6, 6.07) is 22.7. The van der Waals surface area contributed by atoms with E-state index in [4.69, 9.17) is 17.0 Å². The van der Waals surface area contributed by atoms with Gasteiger partial charge in [-0.05, 0) is 61.6 Å². The van der Waals surface area contributed by atoms with Gasteiger partial charge in [-0.15, -0.1) is 0 Å². The number of halogens is 1. The largest absolute Gasteiger partial charge is 0.467 e. The predicted molar refractivity (Wildman–Crippen MR) is 117 cm³/mol. The molecule has 2 aliphatic rings. The quantitative estimate of drug-likeness (QED) is 0.528. The van der Waals surface area contributed by atoms with Crippen LogP contribution in [0.25, 0.3) is 0 Å². The number of amides is 1. The zero-order valence-corrected chi connectivity index (χ0v) is 17.1. The van der Waals surface area contributed by atoms with Crippen molar-refractivity contribution in [2.75, 3.05) is 4.90 Å². The third-order valence-electron chi connectivity index (χ3n) is 5.69. The Hall–Kier alpha value is -3.25. The molecule has 0 aromatic heterocycles. The summed E-state index contributed by atoms with van der Waals surface area (Å²) in [6.45, 7) is 1.99. The SMILES string of the molecule is C[C@]12C[C@@H](c3ccccc3O1)N(C(=O)c1ccc(F)cc1)C(=S)N2c1ccccc1. The molecule has 2 atom stereocenters. The van der Waals surface area contributed by atoms with E-state index >= 15 is 0 Å². The molecule has 30 heavy (non-hydrogen) atoms. The highest BCUT2D eigenvalue weighted by Gasteiger charge is 2.53. The van der Waals surface area contributed by atoms with Crippen molar-refractivity contribution < 1.29 is 13.9 Å². The van der Waals surface area contributed by atoms with Crippen molar-refractivity contribution in [3.8, 4) is 5.75 Å². The van der Waals surface area contributed by atoms with Crippen molar-refractivity contribution >= 4 is 28.9 Å². The van der Waals surface area contributed by atoms with Gasteiger partial charge >= 0.3 is 0 Å². The van der Waals surface area contributed by atoms with Crippen LogP contribution in [0.3, 0.4) is 0 Å². The second-order valence-electron chi connectivity index (χ2n) is 7.67.